The van der Waals surface area contributed by atoms with Crippen molar-refractivity contribution in [3.63, 3.8) is 0 Å². The molecule has 0 heterocycles. The Balaban J connectivity index is 1.63. The first kappa shape index (κ1) is 17.1. The zero-order valence-electron chi connectivity index (χ0n) is 15.1. The number of fused-ring (bicyclic) bond motifs is 1. The second-order valence-corrected chi connectivity index (χ2v) is 6.08. The van der Waals surface area contributed by atoms with Crippen molar-refractivity contribution in [3.05, 3.63) is 53.1 Å². The fourth-order valence-corrected chi connectivity index (χ4v) is 3.15. The first-order valence-electron chi connectivity index (χ1n) is 8.54. The molecule has 2 N–H and O–H groups in total. The smallest absolute Gasteiger partial charge is 0.195 e. The van der Waals surface area contributed by atoms with E-state index in [-0.39, 0.29) is 0 Å². The number of ether oxygens (including phenoxy) is 2. The van der Waals surface area contributed by atoms with Gasteiger partial charge in [-0.05, 0) is 48.1 Å². The number of nitrogens with zero attached hydrogens (tertiary/aromatic N) is 1. The normalized spacial score (nSPS) is 13.3. The van der Waals surface area contributed by atoms with Gasteiger partial charge >= 0.3 is 0 Å². The van der Waals surface area contributed by atoms with Gasteiger partial charge in [0.2, 0.25) is 0 Å². The van der Waals surface area contributed by atoms with E-state index in [0.717, 1.165) is 12.2 Å². The van der Waals surface area contributed by atoms with Crippen molar-refractivity contribution in [2.45, 2.75) is 25.8 Å². The SMILES string of the molecule is CN=C(NCc1ccc2c(c1)CCC2)Nc1ccc(OC)c(OC)c1. The van der Waals surface area contributed by atoms with Gasteiger partial charge in [-0.3, -0.25) is 4.99 Å². The van der Waals surface area contributed by atoms with E-state index in [1.54, 1.807) is 21.3 Å². The minimum atomic E-state index is 0.682. The first-order chi connectivity index (χ1) is 12.2. The van der Waals surface area contributed by atoms with E-state index in [4.69, 9.17) is 9.47 Å². The summed E-state index contributed by atoms with van der Waals surface area (Å²) in [4.78, 5) is 4.29. The van der Waals surface area contributed by atoms with Gasteiger partial charge < -0.3 is 20.1 Å². The molecule has 0 unspecified atom stereocenters. The lowest BCUT2D eigenvalue weighted by Crippen LogP contribution is -2.30. The highest BCUT2D eigenvalue weighted by Gasteiger charge is 2.11. The maximum absolute atomic E-state index is 5.34. The summed E-state index contributed by atoms with van der Waals surface area (Å²) in [5.41, 5.74) is 5.15. The van der Waals surface area contributed by atoms with Crippen LogP contribution in [-0.2, 0) is 19.4 Å². The Morgan fingerprint density at radius 2 is 1.80 bits per heavy atom. The summed E-state index contributed by atoms with van der Waals surface area (Å²) in [5, 5.41) is 6.64. The average molecular weight is 339 g/mol. The Hall–Kier alpha value is -2.69. The molecule has 0 aromatic heterocycles. The second-order valence-electron chi connectivity index (χ2n) is 6.08. The quantitative estimate of drug-likeness (QED) is 0.648. The standard InChI is InChI=1S/C20H25N3O2/c1-21-20(23-17-9-10-18(24-2)19(12-17)25-3)22-13-14-7-8-15-5-4-6-16(15)11-14/h7-12H,4-6,13H2,1-3H3,(H2,21,22,23). The highest BCUT2D eigenvalue weighted by molar-refractivity contribution is 5.93. The summed E-state index contributed by atoms with van der Waals surface area (Å²) in [6.07, 6.45) is 3.68. The van der Waals surface area contributed by atoms with Crippen molar-refractivity contribution in [2.24, 2.45) is 4.99 Å². The fraction of sp³-hybridized carbons (Fsp3) is 0.350. The lowest BCUT2D eigenvalue weighted by atomic mass is 10.1. The van der Waals surface area contributed by atoms with Gasteiger partial charge in [0.1, 0.15) is 0 Å². The molecule has 1 aliphatic rings. The highest BCUT2D eigenvalue weighted by Crippen LogP contribution is 2.29. The number of rotatable bonds is 5. The number of hydrogen-bond acceptors (Lipinski definition) is 3. The van der Waals surface area contributed by atoms with Gasteiger partial charge in [-0.25, -0.2) is 0 Å². The molecular formula is C20H25N3O2. The van der Waals surface area contributed by atoms with Gasteiger partial charge in [0.25, 0.3) is 0 Å². The van der Waals surface area contributed by atoms with E-state index in [1.807, 2.05) is 18.2 Å². The first-order valence-corrected chi connectivity index (χ1v) is 8.54. The third-order valence-corrected chi connectivity index (χ3v) is 4.49. The maximum atomic E-state index is 5.34. The summed E-state index contributed by atoms with van der Waals surface area (Å²) in [6, 6.07) is 12.4. The summed E-state index contributed by atoms with van der Waals surface area (Å²) in [5.74, 6) is 2.10. The largest absolute Gasteiger partial charge is 0.493 e. The fourth-order valence-electron chi connectivity index (χ4n) is 3.15. The molecule has 0 saturated carbocycles. The van der Waals surface area contributed by atoms with Crippen molar-refractivity contribution < 1.29 is 9.47 Å². The molecule has 0 aliphatic heterocycles. The van der Waals surface area contributed by atoms with Crippen molar-refractivity contribution in [1.29, 1.82) is 0 Å². The van der Waals surface area contributed by atoms with Crippen LogP contribution in [0.3, 0.4) is 0 Å². The molecule has 25 heavy (non-hydrogen) atoms. The Kier molecular flexibility index (Phi) is 5.43. The van der Waals surface area contributed by atoms with Crippen LogP contribution in [0.25, 0.3) is 0 Å². The van der Waals surface area contributed by atoms with Crippen LogP contribution in [-0.4, -0.2) is 27.2 Å². The Morgan fingerprint density at radius 3 is 2.56 bits per heavy atom. The van der Waals surface area contributed by atoms with E-state index in [0.29, 0.717) is 17.5 Å². The van der Waals surface area contributed by atoms with Crippen molar-refractivity contribution in [2.75, 3.05) is 26.6 Å². The van der Waals surface area contributed by atoms with E-state index >= 15 is 0 Å². The molecule has 5 nitrogen and oxygen atoms in total. The number of guanidine groups is 1. The van der Waals surface area contributed by atoms with Gasteiger partial charge in [0.15, 0.2) is 17.5 Å². The third kappa shape index (κ3) is 4.05. The molecule has 132 valence electrons. The molecule has 0 saturated heterocycles. The molecule has 0 spiro atoms. The molecule has 1 aliphatic carbocycles. The molecule has 0 amide bonds. The van der Waals surface area contributed by atoms with Crippen LogP contribution in [0.5, 0.6) is 11.5 Å². The van der Waals surface area contributed by atoms with Crippen LogP contribution in [0.1, 0.15) is 23.1 Å². The molecule has 0 radical (unpaired) electrons. The Labute approximate surface area is 149 Å². The van der Waals surface area contributed by atoms with Gasteiger partial charge in [0, 0.05) is 25.3 Å². The van der Waals surface area contributed by atoms with Crippen LogP contribution in [0.4, 0.5) is 5.69 Å². The van der Waals surface area contributed by atoms with Crippen LogP contribution in [0.15, 0.2) is 41.4 Å². The predicted octanol–water partition coefficient (Wildman–Crippen LogP) is 3.38. The number of aryl methyl sites for hydroxylation is 2. The molecular weight excluding hydrogens is 314 g/mol. The third-order valence-electron chi connectivity index (χ3n) is 4.49. The molecule has 2 aromatic carbocycles. The summed E-state index contributed by atoms with van der Waals surface area (Å²) >= 11 is 0. The number of aliphatic imine (C=N–C) groups is 1. The molecule has 2 aromatic rings. The summed E-state index contributed by atoms with van der Waals surface area (Å²) in [7, 11) is 5.02. The van der Waals surface area contributed by atoms with Gasteiger partial charge in [-0.2, -0.15) is 0 Å². The minimum absolute atomic E-state index is 0.682. The lowest BCUT2D eigenvalue weighted by Gasteiger charge is -2.14. The van der Waals surface area contributed by atoms with E-state index < -0.39 is 0 Å². The topological polar surface area (TPSA) is 54.9 Å². The number of methoxy groups -OCH3 is 2. The van der Waals surface area contributed by atoms with Gasteiger partial charge in [-0.1, -0.05) is 18.2 Å². The Morgan fingerprint density at radius 1 is 1.00 bits per heavy atom. The summed E-state index contributed by atoms with van der Waals surface area (Å²) in [6.45, 7) is 0.736. The lowest BCUT2D eigenvalue weighted by molar-refractivity contribution is 0.355. The van der Waals surface area contributed by atoms with Crippen molar-refractivity contribution in [1.82, 2.24) is 5.32 Å². The molecule has 5 heteroatoms. The molecule has 0 atom stereocenters. The number of nitrogens with one attached hydrogen (secondary N) is 2. The predicted molar refractivity (Wildman–Crippen MR) is 102 cm³/mol. The van der Waals surface area contributed by atoms with E-state index in [1.165, 1.54) is 36.0 Å². The van der Waals surface area contributed by atoms with E-state index in [9.17, 15) is 0 Å². The van der Waals surface area contributed by atoms with Crippen LogP contribution < -0.4 is 20.1 Å². The summed E-state index contributed by atoms with van der Waals surface area (Å²) < 4.78 is 10.6. The number of anilines is 1. The molecule has 3 rings (SSSR count). The van der Waals surface area contributed by atoms with Crippen molar-refractivity contribution in [3.8, 4) is 11.5 Å². The average Bonchev–Trinajstić information content (AvgIpc) is 3.12. The van der Waals surface area contributed by atoms with Gasteiger partial charge in [-0.15, -0.1) is 0 Å². The highest BCUT2D eigenvalue weighted by atomic mass is 16.5. The monoisotopic (exact) mass is 339 g/mol. The maximum Gasteiger partial charge on any atom is 0.195 e. The van der Waals surface area contributed by atoms with E-state index in [2.05, 4.69) is 33.8 Å². The van der Waals surface area contributed by atoms with Crippen LogP contribution >= 0.6 is 0 Å². The zero-order valence-corrected chi connectivity index (χ0v) is 15.1. The molecule has 0 bridgehead atoms. The van der Waals surface area contributed by atoms with Crippen LogP contribution in [0.2, 0.25) is 0 Å². The second kappa shape index (κ2) is 7.92. The van der Waals surface area contributed by atoms with Gasteiger partial charge in [0.05, 0.1) is 14.2 Å². The molecule has 0 fully saturated rings. The number of benzene rings is 2. The van der Waals surface area contributed by atoms with Crippen molar-refractivity contribution >= 4 is 11.6 Å². The minimum Gasteiger partial charge on any atom is -0.493 e. The Bertz CT molecular complexity index is 772. The zero-order chi connectivity index (χ0) is 17.6. The number of hydrogen-bond donors (Lipinski definition) is 2. The van der Waals surface area contributed by atoms with Crippen LogP contribution in [0, 0.1) is 0 Å².